The van der Waals surface area contributed by atoms with Crippen molar-refractivity contribution in [2.75, 3.05) is 0 Å². The van der Waals surface area contributed by atoms with Crippen LogP contribution < -0.4 is 5.59 Å². The minimum absolute atomic E-state index is 0.298. The molecule has 0 bridgehead atoms. The van der Waals surface area contributed by atoms with E-state index in [2.05, 4.69) is 45.4 Å². The molecular weight excluding hydrogens is 239 g/mol. The summed E-state index contributed by atoms with van der Waals surface area (Å²) < 4.78 is 14.3. The van der Waals surface area contributed by atoms with Gasteiger partial charge in [0.2, 0.25) is 0 Å². The smallest absolute Gasteiger partial charge is 0.398 e. The van der Waals surface area contributed by atoms with Gasteiger partial charge in [-0.05, 0) is 53.0 Å². The van der Waals surface area contributed by atoms with E-state index in [1.807, 2.05) is 0 Å². The average Bonchev–Trinajstić information content (AvgIpc) is 3.01. The maximum absolute atomic E-state index is 6.07. The largest absolute Gasteiger partial charge is 0.516 e. The van der Waals surface area contributed by atoms with E-state index >= 15 is 0 Å². The van der Waals surface area contributed by atoms with Gasteiger partial charge in [0, 0.05) is 5.69 Å². The highest BCUT2D eigenvalue weighted by molar-refractivity contribution is 6.61. The van der Waals surface area contributed by atoms with Gasteiger partial charge in [-0.3, -0.25) is 4.68 Å². The molecule has 19 heavy (non-hydrogen) atoms. The van der Waals surface area contributed by atoms with Gasteiger partial charge in [-0.25, -0.2) is 0 Å². The summed E-state index contributed by atoms with van der Waals surface area (Å²) in [5, 5.41) is 4.72. The van der Waals surface area contributed by atoms with Gasteiger partial charge in [-0.1, -0.05) is 6.92 Å². The third-order valence-corrected chi connectivity index (χ3v) is 4.58. The summed E-state index contributed by atoms with van der Waals surface area (Å²) in [4.78, 5) is 0. The third kappa shape index (κ3) is 2.13. The molecule has 2 fully saturated rings. The number of rotatable bonds is 3. The number of aromatic nitrogens is 2. The Hall–Kier alpha value is -0.805. The molecule has 5 heteroatoms. The minimum Gasteiger partial charge on any atom is -0.398 e. The van der Waals surface area contributed by atoms with E-state index < -0.39 is 0 Å². The first-order valence-corrected chi connectivity index (χ1v) is 7.28. The van der Waals surface area contributed by atoms with Crippen molar-refractivity contribution in [2.24, 2.45) is 0 Å². The summed E-state index contributed by atoms with van der Waals surface area (Å²) in [6.07, 6.45) is 3.50. The van der Waals surface area contributed by atoms with E-state index in [-0.39, 0.29) is 18.3 Å². The van der Waals surface area contributed by atoms with Gasteiger partial charge in [-0.15, -0.1) is 0 Å². The average molecular weight is 262 g/mol. The molecule has 2 heterocycles. The van der Waals surface area contributed by atoms with Crippen LogP contribution in [0.25, 0.3) is 0 Å². The zero-order valence-electron chi connectivity index (χ0n) is 12.6. The normalized spacial score (nSPS) is 25.0. The molecule has 0 spiro atoms. The van der Waals surface area contributed by atoms with Crippen molar-refractivity contribution in [2.45, 2.75) is 71.1 Å². The van der Waals surface area contributed by atoms with Crippen LogP contribution in [0.15, 0.2) is 6.07 Å². The molecule has 1 aromatic rings. The fraction of sp³-hybridized carbons (Fsp3) is 0.786. The van der Waals surface area contributed by atoms with E-state index in [0.717, 1.165) is 12.0 Å². The minimum atomic E-state index is -0.338. The van der Waals surface area contributed by atoms with Crippen molar-refractivity contribution < 1.29 is 9.31 Å². The van der Waals surface area contributed by atoms with Crippen LogP contribution in [0.5, 0.6) is 0 Å². The van der Waals surface area contributed by atoms with Crippen LogP contribution in [0.1, 0.15) is 59.2 Å². The predicted octanol–water partition coefficient (Wildman–Crippen LogP) is 2.08. The standard InChI is InChI=1S/C14H23BN2O2/c1-6-10-9-12(16-17(10)11-7-8-11)15-18-13(2,3)14(4,5)19-15/h9,11H,6-8H2,1-5H3. The fourth-order valence-corrected chi connectivity index (χ4v) is 2.43. The Bertz CT molecular complexity index is 476. The quantitative estimate of drug-likeness (QED) is 0.782. The molecule has 3 rings (SSSR count). The van der Waals surface area contributed by atoms with Crippen LogP contribution in [0, 0.1) is 0 Å². The second-order valence-electron chi connectivity index (χ2n) is 6.68. The highest BCUT2D eigenvalue weighted by Gasteiger charge is 2.52. The molecule has 0 radical (unpaired) electrons. The van der Waals surface area contributed by atoms with Gasteiger partial charge in [0.1, 0.15) is 0 Å². The van der Waals surface area contributed by atoms with Gasteiger partial charge < -0.3 is 9.31 Å². The van der Waals surface area contributed by atoms with Crippen molar-refractivity contribution in [3.05, 3.63) is 11.8 Å². The summed E-state index contributed by atoms with van der Waals surface area (Å²) in [5.41, 5.74) is 1.61. The molecule has 1 aromatic heterocycles. The Morgan fingerprint density at radius 2 is 1.84 bits per heavy atom. The van der Waals surface area contributed by atoms with Crippen molar-refractivity contribution in [3.8, 4) is 0 Å². The van der Waals surface area contributed by atoms with Gasteiger partial charge in [0.25, 0.3) is 0 Å². The van der Waals surface area contributed by atoms with Crippen LogP contribution >= 0.6 is 0 Å². The molecule has 1 aliphatic heterocycles. The molecule has 1 saturated carbocycles. The Kier molecular flexibility index (Phi) is 2.84. The maximum atomic E-state index is 6.07. The highest BCUT2D eigenvalue weighted by atomic mass is 16.7. The fourth-order valence-electron chi connectivity index (χ4n) is 2.43. The Morgan fingerprint density at radius 3 is 2.32 bits per heavy atom. The lowest BCUT2D eigenvalue weighted by atomic mass is 9.85. The summed E-state index contributed by atoms with van der Waals surface area (Å²) >= 11 is 0. The highest BCUT2D eigenvalue weighted by Crippen LogP contribution is 2.37. The zero-order valence-corrected chi connectivity index (χ0v) is 12.6. The summed E-state index contributed by atoms with van der Waals surface area (Å²) in [7, 11) is -0.338. The topological polar surface area (TPSA) is 36.3 Å². The molecule has 2 aliphatic rings. The van der Waals surface area contributed by atoms with Crippen LogP contribution in [0.2, 0.25) is 0 Å². The van der Waals surface area contributed by atoms with Crippen molar-refractivity contribution >= 4 is 12.7 Å². The molecule has 0 amide bonds. The number of nitrogens with zero attached hydrogens (tertiary/aromatic N) is 2. The maximum Gasteiger partial charge on any atom is 0.516 e. The molecule has 0 N–H and O–H groups in total. The number of hydrogen-bond donors (Lipinski definition) is 0. The van der Waals surface area contributed by atoms with E-state index in [0.29, 0.717) is 6.04 Å². The van der Waals surface area contributed by atoms with Gasteiger partial charge in [0.05, 0.1) is 22.8 Å². The van der Waals surface area contributed by atoms with E-state index in [1.54, 1.807) is 0 Å². The van der Waals surface area contributed by atoms with E-state index in [1.165, 1.54) is 18.5 Å². The lowest BCUT2D eigenvalue weighted by Gasteiger charge is -2.32. The van der Waals surface area contributed by atoms with Crippen LogP contribution in [-0.2, 0) is 15.7 Å². The van der Waals surface area contributed by atoms with Gasteiger partial charge >= 0.3 is 7.12 Å². The van der Waals surface area contributed by atoms with Crippen molar-refractivity contribution in [3.63, 3.8) is 0 Å². The summed E-state index contributed by atoms with van der Waals surface area (Å²) in [6.45, 7) is 10.5. The first-order valence-electron chi connectivity index (χ1n) is 7.28. The Labute approximate surface area is 115 Å². The van der Waals surface area contributed by atoms with Crippen molar-refractivity contribution in [1.29, 1.82) is 0 Å². The second-order valence-corrected chi connectivity index (χ2v) is 6.68. The Morgan fingerprint density at radius 1 is 1.26 bits per heavy atom. The summed E-state index contributed by atoms with van der Waals surface area (Å²) in [5.74, 6) is 0. The molecule has 0 aromatic carbocycles. The van der Waals surface area contributed by atoms with Crippen LogP contribution in [-0.4, -0.2) is 28.1 Å². The third-order valence-electron chi connectivity index (χ3n) is 4.58. The summed E-state index contributed by atoms with van der Waals surface area (Å²) in [6, 6.07) is 2.74. The Balaban J connectivity index is 1.88. The predicted molar refractivity (Wildman–Crippen MR) is 75.6 cm³/mol. The monoisotopic (exact) mass is 262 g/mol. The molecule has 104 valence electrons. The lowest BCUT2D eigenvalue weighted by molar-refractivity contribution is 0.00578. The molecule has 1 aliphatic carbocycles. The molecule has 1 saturated heterocycles. The SMILES string of the molecule is CCc1cc(B2OC(C)(C)C(C)(C)O2)nn1C1CC1. The van der Waals surface area contributed by atoms with E-state index in [4.69, 9.17) is 14.4 Å². The number of hydrogen-bond acceptors (Lipinski definition) is 3. The molecular formula is C14H23BN2O2. The first kappa shape index (κ1) is 13.2. The van der Waals surface area contributed by atoms with Gasteiger partial charge in [-0.2, -0.15) is 5.10 Å². The molecule has 4 nitrogen and oxygen atoms in total. The van der Waals surface area contributed by atoms with E-state index in [9.17, 15) is 0 Å². The zero-order chi connectivity index (χ0) is 13.8. The molecule has 0 unspecified atom stereocenters. The lowest BCUT2D eigenvalue weighted by Crippen LogP contribution is -2.41. The van der Waals surface area contributed by atoms with Crippen LogP contribution in [0.4, 0.5) is 0 Å². The second kappa shape index (κ2) is 4.09. The number of aryl methyl sites for hydroxylation is 1. The van der Waals surface area contributed by atoms with Gasteiger partial charge in [0.15, 0.2) is 0 Å². The van der Waals surface area contributed by atoms with Crippen molar-refractivity contribution in [1.82, 2.24) is 9.78 Å². The molecule has 0 atom stereocenters. The van der Waals surface area contributed by atoms with Crippen LogP contribution in [0.3, 0.4) is 0 Å². The first-order chi connectivity index (χ1) is 8.84.